The van der Waals surface area contributed by atoms with E-state index in [1.165, 1.54) is 17.7 Å². The molecule has 1 atom stereocenters. The molecule has 0 radical (unpaired) electrons. The Morgan fingerprint density at radius 1 is 1.04 bits per heavy atom. The Hall–Kier alpha value is -2.99. The zero-order chi connectivity index (χ0) is 17.2. The summed E-state index contributed by atoms with van der Waals surface area (Å²) < 4.78 is 0. The van der Waals surface area contributed by atoms with Crippen LogP contribution >= 0.6 is 11.3 Å². The maximum atomic E-state index is 10.9. The molecule has 1 aliphatic heterocycles. The molecule has 0 spiro atoms. The number of nitro groups is 1. The molecule has 0 bridgehead atoms. The fourth-order valence-corrected chi connectivity index (χ4v) is 3.72. The number of nitro benzene ring substituents is 1. The predicted octanol–water partition coefficient (Wildman–Crippen LogP) is 5.01. The molecule has 5 nitrogen and oxygen atoms in total. The Kier molecular flexibility index (Phi) is 4.03. The van der Waals surface area contributed by atoms with E-state index in [1.807, 2.05) is 34.7 Å². The highest BCUT2D eigenvalue weighted by atomic mass is 32.1. The van der Waals surface area contributed by atoms with Crippen molar-refractivity contribution in [3.63, 3.8) is 0 Å². The lowest BCUT2D eigenvalue weighted by Crippen LogP contribution is -2.18. The number of hydrogen-bond donors (Lipinski definition) is 0. The monoisotopic (exact) mass is 349 g/mol. The summed E-state index contributed by atoms with van der Waals surface area (Å²) in [7, 11) is 0. The number of benzene rings is 2. The molecule has 0 saturated heterocycles. The van der Waals surface area contributed by atoms with Crippen molar-refractivity contribution >= 4 is 28.4 Å². The molecule has 1 aliphatic rings. The number of anilines is 1. The van der Waals surface area contributed by atoms with Crippen LogP contribution in [-0.2, 0) is 0 Å². The summed E-state index contributed by atoms with van der Waals surface area (Å²) in [6.07, 6.45) is 0.807. The molecule has 25 heavy (non-hydrogen) atoms. The second kappa shape index (κ2) is 6.49. The van der Waals surface area contributed by atoms with E-state index in [2.05, 4.69) is 18.2 Å². The molecular weight excluding hydrogens is 334 g/mol. The topological polar surface area (TPSA) is 58.7 Å². The first kappa shape index (κ1) is 15.5. The van der Waals surface area contributed by atoms with Crippen LogP contribution < -0.4 is 5.01 Å². The van der Waals surface area contributed by atoms with Crippen molar-refractivity contribution in [2.75, 3.05) is 5.01 Å². The Labute approximate surface area is 149 Å². The third kappa shape index (κ3) is 3.04. The lowest BCUT2D eigenvalue weighted by molar-refractivity contribution is -0.384. The van der Waals surface area contributed by atoms with E-state index in [-0.39, 0.29) is 16.7 Å². The van der Waals surface area contributed by atoms with Gasteiger partial charge in [0.2, 0.25) is 0 Å². The van der Waals surface area contributed by atoms with E-state index in [0.29, 0.717) is 0 Å². The molecule has 1 aromatic heterocycles. The number of hydrazone groups is 1. The average molecular weight is 349 g/mol. The van der Waals surface area contributed by atoms with Crippen molar-refractivity contribution in [2.24, 2.45) is 5.10 Å². The highest BCUT2D eigenvalue weighted by Gasteiger charge is 2.30. The fourth-order valence-electron chi connectivity index (χ4n) is 3.00. The molecule has 2 heterocycles. The van der Waals surface area contributed by atoms with E-state index in [0.717, 1.165) is 22.7 Å². The van der Waals surface area contributed by atoms with Crippen LogP contribution in [0.2, 0.25) is 0 Å². The van der Waals surface area contributed by atoms with Crippen LogP contribution in [0.1, 0.15) is 22.9 Å². The summed E-state index contributed by atoms with van der Waals surface area (Å²) in [5, 5.41) is 19.7. The van der Waals surface area contributed by atoms with Crippen LogP contribution in [0.3, 0.4) is 0 Å². The second-order valence-electron chi connectivity index (χ2n) is 5.77. The van der Waals surface area contributed by atoms with Gasteiger partial charge in [0.15, 0.2) is 0 Å². The predicted molar refractivity (Wildman–Crippen MR) is 100 cm³/mol. The van der Waals surface area contributed by atoms with Crippen molar-refractivity contribution < 1.29 is 4.92 Å². The van der Waals surface area contributed by atoms with Gasteiger partial charge in [-0.3, -0.25) is 15.1 Å². The van der Waals surface area contributed by atoms with Crippen LogP contribution in [0.25, 0.3) is 0 Å². The minimum Gasteiger partial charge on any atom is -0.258 e. The first-order valence-electron chi connectivity index (χ1n) is 7.92. The maximum absolute atomic E-state index is 10.9. The summed E-state index contributed by atoms with van der Waals surface area (Å²) in [5.74, 6) is 0. The quantitative estimate of drug-likeness (QED) is 0.491. The van der Waals surface area contributed by atoms with Gasteiger partial charge in [0.25, 0.3) is 5.69 Å². The average Bonchev–Trinajstić information content (AvgIpc) is 3.32. The van der Waals surface area contributed by atoms with Crippen LogP contribution in [-0.4, -0.2) is 10.6 Å². The molecule has 0 saturated carbocycles. The van der Waals surface area contributed by atoms with Crippen LogP contribution in [0.5, 0.6) is 0 Å². The highest BCUT2D eigenvalue weighted by molar-refractivity contribution is 7.12. The number of hydrogen-bond acceptors (Lipinski definition) is 5. The Morgan fingerprint density at radius 2 is 1.80 bits per heavy atom. The van der Waals surface area contributed by atoms with Crippen molar-refractivity contribution in [1.82, 2.24) is 0 Å². The van der Waals surface area contributed by atoms with Crippen LogP contribution in [0.15, 0.2) is 77.2 Å². The maximum Gasteiger partial charge on any atom is 0.269 e. The summed E-state index contributed by atoms with van der Waals surface area (Å²) in [5.41, 5.74) is 3.16. The molecule has 0 fully saturated rings. The lowest BCUT2D eigenvalue weighted by atomic mass is 10.0. The Morgan fingerprint density at radius 3 is 2.44 bits per heavy atom. The van der Waals surface area contributed by atoms with Crippen molar-refractivity contribution in [1.29, 1.82) is 0 Å². The molecule has 124 valence electrons. The highest BCUT2D eigenvalue weighted by Crippen LogP contribution is 2.37. The van der Waals surface area contributed by atoms with E-state index in [4.69, 9.17) is 5.10 Å². The molecular formula is C19H15N3O2S. The van der Waals surface area contributed by atoms with Gasteiger partial charge < -0.3 is 0 Å². The molecule has 2 aromatic carbocycles. The Balaban J connectivity index is 1.73. The van der Waals surface area contributed by atoms with Gasteiger partial charge in [0, 0.05) is 18.6 Å². The van der Waals surface area contributed by atoms with Gasteiger partial charge in [-0.15, -0.1) is 11.3 Å². The fraction of sp³-hybridized carbons (Fsp3) is 0.105. The van der Waals surface area contributed by atoms with Crippen LogP contribution in [0, 0.1) is 10.1 Å². The van der Waals surface area contributed by atoms with Gasteiger partial charge in [-0.25, -0.2) is 0 Å². The van der Waals surface area contributed by atoms with Gasteiger partial charge in [0.05, 0.1) is 27.2 Å². The van der Waals surface area contributed by atoms with E-state index >= 15 is 0 Å². The first-order chi connectivity index (χ1) is 12.2. The van der Waals surface area contributed by atoms with Crippen molar-refractivity contribution in [2.45, 2.75) is 12.5 Å². The summed E-state index contributed by atoms with van der Waals surface area (Å²) in [6, 6.07) is 21.0. The van der Waals surface area contributed by atoms with Gasteiger partial charge in [0.1, 0.15) is 0 Å². The normalized spacial score (nSPS) is 16.7. The van der Waals surface area contributed by atoms with Gasteiger partial charge in [-0.05, 0) is 29.1 Å². The summed E-state index contributed by atoms with van der Waals surface area (Å²) in [6.45, 7) is 0. The van der Waals surface area contributed by atoms with Crippen LogP contribution in [0.4, 0.5) is 11.4 Å². The first-order valence-corrected chi connectivity index (χ1v) is 8.80. The number of nitrogens with zero attached hydrogens (tertiary/aromatic N) is 3. The number of non-ortho nitro benzene ring substituents is 1. The number of thiophene rings is 1. The second-order valence-corrected chi connectivity index (χ2v) is 6.72. The summed E-state index contributed by atoms with van der Waals surface area (Å²) in [4.78, 5) is 11.7. The van der Waals surface area contributed by atoms with E-state index in [1.54, 1.807) is 23.5 Å². The molecule has 0 N–H and O–H groups in total. The molecule has 0 aliphatic carbocycles. The van der Waals surface area contributed by atoms with E-state index in [9.17, 15) is 10.1 Å². The molecule has 0 unspecified atom stereocenters. The Bertz CT molecular complexity index is 906. The molecule has 0 amide bonds. The standard InChI is InChI=1S/C19H15N3O2S/c23-22(24)16-10-8-15(9-11-16)21-18(14-5-2-1-3-6-14)13-17(20-21)19-7-4-12-25-19/h1-12,18H,13H2/t18-/m1/s1. The smallest absolute Gasteiger partial charge is 0.258 e. The lowest BCUT2D eigenvalue weighted by Gasteiger charge is -2.23. The zero-order valence-electron chi connectivity index (χ0n) is 13.3. The minimum atomic E-state index is -0.386. The van der Waals surface area contributed by atoms with Gasteiger partial charge in [-0.2, -0.15) is 5.10 Å². The number of rotatable bonds is 4. The molecule has 3 aromatic rings. The molecule has 6 heteroatoms. The molecule has 4 rings (SSSR count). The minimum absolute atomic E-state index is 0.0831. The third-order valence-corrected chi connectivity index (χ3v) is 5.14. The third-order valence-electron chi connectivity index (χ3n) is 4.23. The van der Waals surface area contributed by atoms with Gasteiger partial charge >= 0.3 is 0 Å². The van der Waals surface area contributed by atoms with E-state index < -0.39 is 0 Å². The summed E-state index contributed by atoms with van der Waals surface area (Å²) >= 11 is 1.67. The van der Waals surface area contributed by atoms with Crippen molar-refractivity contribution in [3.8, 4) is 0 Å². The van der Waals surface area contributed by atoms with Gasteiger partial charge in [-0.1, -0.05) is 36.4 Å². The zero-order valence-corrected chi connectivity index (χ0v) is 14.1. The van der Waals surface area contributed by atoms with Crippen molar-refractivity contribution in [3.05, 3.63) is 92.7 Å². The largest absolute Gasteiger partial charge is 0.269 e. The SMILES string of the molecule is O=[N+]([O-])c1ccc(N2N=C(c3cccs3)C[C@@H]2c2ccccc2)cc1.